The Kier molecular flexibility index (Phi) is 61.6. The fourth-order valence-electron chi connectivity index (χ4n) is 12.7. The highest BCUT2D eigenvalue weighted by molar-refractivity contribution is 5.80. The van der Waals surface area contributed by atoms with Crippen LogP contribution in [0, 0.1) is 0 Å². The van der Waals surface area contributed by atoms with Crippen LogP contribution in [0.25, 0.3) is 0 Å². The quantitative estimate of drug-likeness (QED) is 0.0215. The van der Waals surface area contributed by atoms with Crippen molar-refractivity contribution in [2.24, 2.45) is 0 Å². The van der Waals surface area contributed by atoms with Crippen molar-refractivity contribution in [3.63, 3.8) is 0 Å². The second kappa shape index (κ2) is 64.0. The van der Waals surface area contributed by atoms with E-state index in [4.69, 9.17) is 9.47 Å². The van der Waals surface area contributed by atoms with E-state index < -0.39 is 74.2 Å². The molecule has 8 N–H and O–H groups in total. The van der Waals surface area contributed by atoms with Gasteiger partial charge in [-0.3, -0.25) is 4.79 Å². The number of allylic oxidation sites excluding steroid dienone is 2. The maximum Gasteiger partial charge on any atom is 0.249 e. The van der Waals surface area contributed by atoms with Crippen LogP contribution >= 0.6 is 0 Å². The Morgan fingerprint density at radius 1 is 0.395 bits per heavy atom. The highest BCUT2D eigenvalue weighted by Gasteiger charge is 2.44. The molecule has 1 aliphatic rings. The van der Waals surface area contributed by atoms with Gasteiger partial charge in [0.25, 0.3) is 0 Å². The number of unbranched alkanes of at least 4 members (excludes halogenated alkanes) is 54. The zero-order chi connectivity index (χ0) is 62.4. The Labute approximate surface area is 532 Å². The van der Waals surface area contributed by atoms with E-state index in [-0.39, 0.29) is 12.8 Å². The standard InChI is InChI=1S/C75H147NO10/c1-3-5-7-9-11-13-15-17-19-21-23-25-27-29-31-33-34-35-37-38-40-42-44-46-48-50-52-54-56-58-60-62-67(78)70(80)66(65-85-75-73(83)72(82)71(81)69(64-77)86-75)76-74(84)68(79)63-61-59-57-55-53-51-49-47-45-43-41-39-36-32-30-28-26-24-22-20-18-16-14-12-10-8-6-4-2/h54,56,66-73,75,77-83H,3-53,55,57-65H2,1-2H3,(H,76,84)/b56-54+. The summed E-state index contributed by atoms with van der Waals surface area (Å²) in [6.07, 6.45) is 68.9. The third-order valence-corrected chi connectivity index (χ3v) is 18.8. The first-order valence-corrected chi connectivity index (χ1v) is 38.1. The average Bonchev–Trinajstić information content (AvgIpc) is 3.04. The zero-order valence-electron chi connectivity index (χ0n) is 56.8. The summed E-state index contributed by atoms with van der Waals surface area (Å²) in [5, 5.41) is 76.6. The van der Waals surface area contributed by atoms with Gasteiger partial charge in [0.2, 0.25) is 5.91 Å². The van der Waals surface area contributed by atoms with E-state index in [1.807, 2.05) is 0 Å². The Hall–Kier alpha value is -1.15. The summed E-state index contributed by atoms with van der Waals surface area (Å²) in [6, 6.07) is -1.18. The average molecular weight is 1220 g/mol. The van der Waals surface area contributed by atoms with Gasteiger partial charge >= 0.3 is 0 Å². The van der Waals surface area contributed by atoms with E-state index in [9.17, 15) is 40.5 Å². The minimum atomic E-state index is -1.67. The summed E-state index contributed by atoms with van der Waals surface area (Å²) in [4.78, 5) is 13.3. The molecular weight excluding hydrogens is 1070 g/mol. The number of hydrogen-bond acceptors (Lipinski definition) is 10. The number of aliphatic hydroxyl groups excluding tert-OH is 7. The first-order valence-electron chi connectivity index (χ1n) is 38.1. The van der Waals surface area contributed by atoms with Gasteiger partial charge in [-0.25, -0.2) is 0 Å². The van der Waals surface area contributed by atoms with Crippen LogP contribution in [0.1, 0.15) is 393 Å². The van der Waals surface area contributed by atoms with Gasteiger partial charge < -0.3 is 50.5 Å². The van der Waals surface area contributed by atoms with E-state index in [1.54, 1.807) is 0 Å². The van der Waals surface area contributed by atoms with Gasteiger partial charge in [-0.2, -0.15) is 0 Å². The monoisotopic (exact) mass is 1220 g/mol. The molecule has 0 bridgehead atoms. The topological polar surface area (TPSA) is 189 Å². The molecule has 9 unspecified atom stereocenters. The molecule has 0 aromatic carbocycles. The maximum atomic E-state index is 13.3. The van der Waals surface area contributed by atoms with Crippen molar-refractivity contribution in [1.29, 1.82) is 0 Å². The SMILES string of the molecule is CCCCCCCCCCCCCCCCCCCCCCCCCCCC/C=C/CCCC(O)C(O)C(COC1OC(CO)C(O)C(O)C1O)NC(=O)C(O)CCCCCCCCCCCCCCCCCCCCCCCCCCCCCC. The lowest BCUT2D eigenvalue weighted by atomic mass is 9.98. The predicted molar refractivity (Wildman–Crippen MR) is 363 cm³/mol. The molecule has 11 heteroatoms. The van der Waals surface area contributed by atoms with Gasteiger partial charge in [-0.05, 0) is 38.5 Å². The predicted octanol–water partition coefficient (Wildman–Crippen LogP) is 19.0. The molecule has 0 saturated carbocycles. The smallest absolute Gasteiger partial charge is 0.249 e. The Morgan fingerprint density at radius 3 is 1.00 bits per heavy atom. The minimum absolute atomic E-state index is 0.260. The first kappa shape index (κ1) is 82.9. The molecule has 1 amide bonds. The van der Waals surface area contributed by atoms with Gasteiger partial charge in [-0.1, -0.05) is 366 Å². The molecule has 1 heterocycles. The molecule has 0 aliphatic carbocycles. The molecule has 0 spiro atoms. The van der Waals surface area contributed by atoms with Gasteiger partial charge in [0.1, 0.15) is 36.6 Å². The number of amides is 1. The lowest BCUT2D eigenvalue weighted by Gasteiger charge is -2.40. The molecule has 9 atom stereocenters. The lowest BCUT2D eigenvalue weighted by Crippen LogP contribution is -2.60. The van der Waals surface area contributed by atoms with Gasteiger partial charge in [0.05, 0.1) is 25.4 Å². The lowest BCUT2D eigenvalue weighted by molar-refractivity contribution is -0.303. The van der Waals surface area contributed by atoms with Gasteiger partial charge in [0.15, 0.2) is 6.29 Å². The fraction of sp³-hybridized carbons (Fsp3) is 0.960. The van der Waals surface area contributed by atoms with Crippen molar-refractivity contribution >= 4 is 5.91 Å². The van der Waals surface area contributed by atoms with E-state index >= 15 is 0 Å². The third-order valence-electron chi connectivity index (χ3n) is 18.8. The minimum Gasteiger partial charge on any atom is -0.394 e. The molecule has 11 nitrogen and oxygen atoms in total. The molecule has 1 saturated heterocycles. The molecule has 0 aromatic heterocycles. The number of carbonyl (C=O) groups is 1. The van der Waals surface area contributed by atoms with Crippen LogP contribution in [0.5, 0.6) is 0 Å². The number of carbonyl (C=O) groups excluding carboxylic acids is 1. The van der Waals surface area contributed by atoms with Crippen LogP contribution in [0.4, 0.5) is 0 Å². The normalized spacial score (nSPS) is 18.7. The number of rotatable bonds is 68. The molecule has 512 valence electrons. The van der Waals surface area contributed by atoms with Crippen LogP contribution in [0.15, 0.2) is 12.2 Å². The van der Waals surface area contributed by atoms with E-state index in [0.29, 0.717) is 12.8 Å². The van der Waals surface area contributed by atoms with Crippen molar-refractivity contribution in [3.8, 4) is 0 Å². The highest BCUT2D eigenvalue weighted by atomic mass is 16.7. The molecule has 1 fully saturated rings. The van der Waals surface area contributed by atoms with Crippen LogP contribution in [-0.4, -0.2) is 110 Å². The van der Waals surface area contributed by atoms with Gasteiger partial charge in [0, 0.05) is 0 Å². The summed E-state index contributed by atoms with van der Waals surface area (Å²) in [6.45, 7) is 3.52. The van der Waals surface area contributed by atoms with Crippen LogP contribution in [-0.2, 0) is 14.3 Å². The molecule has 86 heavy (non-hydrogen) atoms. The molecule has 1 rings (SSSR count). The van der Waals surface area contributed by atoms with Gasteiger partial charge in [-0.15, -0.1) is 0 Å². The number of ether oxygens (including phenoxy) is 2. The zero-order valence-corrected chi connectivity index (χ0v) is 56.8. The highest BCUT2D eigenvalue weighted by Crippen LogP contribution is 2.24. The van der Waals surface area contributed by atoms with E-state index in [0.717, 1.165) is 32.1 Å². The van der Waals surface area contributed by atoms with Crippen molar-refractivity contribution in [3.05, 3.63) is 12.2 Å². The summed E-state index contributed by atoms with van der Waals surface area (Å²) in [5.74, 6) is -0.697. The van der Waals surface area contributed by atoms with Crippen LogP contribution in [0.3, 0.4) is 0 Å². The summed E-state index contributed by atoms with van der Waals surface area (Å²) < 4.78 is 11.2. The summed E-state index contributed by atoms with van der Waals surface area (Å²) in [5.41, 5.74) is 0. The van der Waals surface area contributed by atoms with Crippen molar-refractivity contribution < 1.29 is 50.0 Å². The number of aliphatic hydroxyl groups is 7. The van der Waals surface area contributed by atoms with E-state index in [2.05, 4.69) is 31.3 Å². The van der Waals surface area contributed by atoms with Crippen LogP contribution < -0.4 is 5.32 Å². The van der Waals surface area contributed by atoms with Crippen LogP contribution in [0.2, 0.25) is 0 Å². The molecular formula is C75H147NO10. The first-order chi connectivity index (χ1) is 42.2. The largest absolute Gasteiger partial charge is 0.394 e. The number of hydrogen-bond donors (Lipinski definition) is 8. The Morgan fingerprint density at radius 2 is 0.686 bits per heavy atom. The number of nitrogens with one attached hydrogen (secondary N) is 1. The summed E-state index contributed by atoms with van der Waals surface area (Å²) >= 11 is 0. The molecule has 1 aliphatic heterocycles. The Bertz CT molecular complexity index is 1400. The summed E-state index contributed by atoms with van der Waals surface area (Å²) in [7, 11) is 0. The van der Waals surface area contributed by atoms with Crippen molar-refractivity contribution in [1.82, 2.24) is 5.32 Å². The van der Waals surface area contributed by atoms with Crippen molar-refractivity contribution in [2.45, 2.75) is 448 Å². The Balaban J connectivity index is 2.16. The fourth-order valence-corrected chi connectivity index (χ4v) is 12.7. The second-order valence-electron chi connectivity index (χ2n) is 27.1. The molecule has 0 radical (unpaired) electrons. The molecule has 0 aromatic rings. The second-order valence-corrected chi connectivity index (χ2v) is 27.1. The van der Waals surface area contributed by atoms with Crippen molar-refractivity contribution in [2.75, 3.05) is 13.2 Å². The third kappa shape index (κ3) is 50.5. The maximum absolute atomic E-state index is 13.3. The van der Waals surface area contributed by atoms with E-state index in [1.165, 1.54) is 321 Å².